The summed E-state index contributed by atoms with van der Waals surface area (Å²) in [6, 6.07) is 10.1. The maximum absolute atomic E-state index is 14.2. The number of rotatable bonds is 7. The lowest BCUT2D eigenvalue weighted by molar-refractivity contribution is -0.123. The second-order valence-electron chi connectivity index (χ2n) is 8.26. The molecule has 0 aliphatic carbocycles. The summed E-state index contributed by atoms with van der Waals surface area (Å²) in [6.07, 6.45) is 0. The van der Waals surface area contributed by atoms with Gasteiger partial charge in [0.25, 0.3) is 11.8 Å². The van der Waals surface area contributed by atoms with Crippen molar-refractivity contribution in [3.8, 4) is 0 Å². The number of hydrogen-bond donors (Lipinski definition) is 4. The topological polar surface area (TPSA) is 130 Å². The highest BCUT2D eigenvalue weighted by Crippen LogP contribution is 2.36. The van der Waals surface area contributed by atoms with Gasteiger partial charge in [0.1, 0.15) is 18.1 Å². The van der Waals surface area contributed by atoms with Crippen LogP contribution in [0.3, 0.4) is 0 Å². The van der Waals surface area contributed by atoms with E-state index in [-0.39, 0.29) is 34.5 Å². The third-order valence-electron chi connectivity index (χ3n) is 5.84. The Labute approximate surface area is 219 Å². The van der Waals surface area contributed by atoms with Crippen LogP contribution in [0.4, 0.5) is 10.2 Å². The number of carbonyl (C=O) groups is 3. The third kappa shape index (κ3) is 4.78. The highest BCUT2D eigenvalue weighted by molar-refractivity contribution is 7.13. The molecule has 5 rings (SSSR count). The highest BCUT2D eigenvalue weighted by Gasteiger charge is 2.36. The van der Waals surface area contributed by atoms with Gasteiger partial charge >= 0.3 is 0 Å². The molecule has 4 N–H and O–H groups in total. The molecule has 190 valence electrons. The second-order valence-corrected chi connectivity index (χ2v) is 9.47. The number of amides is 3. The summed E-state index contributed by atoms with van der Waals surface area (Å²) in [5, 5.41) is 12.1. The van der Waals surface area contributed by atoms with E-state index in [9.17, 15) is 18.8 Å². The molecule has 0 saturated carbocycles. The Balaban J connectivity index is 1.61. The van der Waals surface area contributed by atoms with Gasteiger partial charge in [0.15, 0.2) is 5.82 Å². The van der Waals surface area contributed by atoms with E-state index in [0.717, 1.165) is 4.70 Å². The Morgan fingerprint density at radius 1 is 1.22 bits per heavy atom. The SMILES string of the molecule is CNCCNC(=O)c1nc(NC(=O)c2nsc3ccccc23)c2n1CC(=O)NC2c1cc(F)ccc1Cl. The molecule has 3 amide bonds. The molecule has 2 aromatic heterocycles. The summed E-state index contributed by atoms with van der Waals surface area (Å²) >= 11 is 7.55. The fourth-order valence-corrected chi connectivity index (χ4v) is 5.16. The number of nitrogens with one attached hydrogen (secondary N) is 4. The Kier molecular flexibility index (Phi) is 6.87. The summed E-state index contributed by atoms with van der Waals surface area (Å²) in [7, 11) is 1.75. The van der Waals surface area contributed by atoms with Crippen molar-refractivity contribution >= 4 is 56.8 Å². The van der Waals surface area contributed by atoms with Crippen molar-refractivity contribution in [2.45, 2.75) is 12.6 Å². The molecular weight excluding hydrogens is 521 g/mol. The maximum Gasteiger partial charge on any atom is 0.287 e. The number of anilines is 1. The molecule has 1 atom stereocenters. The largest absolute Gasteiger partial charge is 0.348 e. The number of aromatic nitrogens is 3. The molecule has 0 saturated heterocycles. The number of halogens is 2. The maximum atomic E-state index is 14.2. The van der Waals surface area contributed by atoms with Crippen LogP contribution >= 0.6 is 23.1 Å². The first-order chi connectivity index (χ1) is 17.9. The number of likely N-dealkylation sites (N-methyl/N-ethyl adjacent to an activating group) is 1. The predicted molar refractivity (Wildman–Crippen MR) is 137 cm³/mol. The number of benzene rings is 2. The summed E-state index contributed by atoms with van der Waals surface area (Å²) in [5.41, 5.74) is 0.744. The number of hydrogen-bond acceptors (Lipinski definition) is 7. The first-order valence-corrected chi connectivity index (χ1v) is 12.5. The molecule has 1 aliphatic heterocycles. The minimum atomic E-state index is -0.974. The Hall–Kier alpha value is -3.87. The zero-order valence-corrected chi connectivity index (χ0v) is 21.0. The number of fused-ring (bicyclic) bond motifs is 2. The average Bonchev–Trinajstić information content (AvgIpc) is 3.47. The van der Waals surface area contributed by atoms with Crippen LogP contribution in [0.1, 0.15) is 38.4 Å². The zero-order chi connectivity index (χ0) is 26.1. The Bertz CT molecular complexity index is 1540. The second kappa shape index (κ2) is 10.2. The zero-order valence-electron chi connectivity index (χ0n) is 19.5. The van der Waals surface area contributed by atoms with Crippen molar-refractivity contribution in [2.75, 3.05) is 25.5 Å². The van der Waals surface area contributed by atoms with Gasteiger partial charge in [-0.2, -0.15) is 4.37 Å². The van der Waals surface area contributed by atoms with Crippen molar-refractivity contribution < 1.29 is 18.8 Å². The van der Waals surface area contributed by atoms with E-state index in [1.54, 1.807) is 19.2 Å². The molecule has 3 heterocycles. The van der Waals surface area contributed by atoms with E-state index >= 15 is 0 Å². The van der Waals surface area contributed by atoms with Gasteiger partial charge in [-0.25, -0.2) is 9.37 Å². The molecule has 0 radical (unpaired) electrons. The van der Waals surface area contributed by atoms with Gasteiger partial charge in [-0.1, -0.05) is 29.8 Å². The molecule has 13 heteroatoms. The molecule has 1 unspecified atom stereocenters. The molecule has 2 aromatic carbocycles. The van der Waals surface area contributed by atoms with Crippen LogP contribution in [0.2, 0.25) is 5.02 Å². The van der Waals surface area contributed by atoms with Gasteiger partial charge in [0, 0.05) is 29.1 Å². The molecule has 0 bridgehead atoms. The van der Waals surface area contributed by atoms with E-state index in [1.807, 2.05) is 12.1 Å². The normalized spacial score (nSPS) is 14.8. The van der Waals surface area contributed by atoms with E-state index in [2.05, 4.69) is 30.6 Å². The van der Waals surface area contributed by atoms with Crippen LogP contribution < -0.4 is 21.3 Å². The van der Waals surface area contributed by atoms with Crippen LogP contribution in [-0.4, -0.2) is 51.8 Å². The number of nitrogens with zero attached hydrogens (tertiary/aromatic N) is 3. The van der Waals surface area contributed by atoms with Gasteiger partial charge in [-0.15, -0.1) is 0 Å². The molecule has 0 spiro atoms. The van der Waals surface area contributed by atoms with Crippen molar-refractivity contribution in [1.29, 1.82) is 0 Å². The summed E-state index contributed by atoms with van der Waals surface area (Å²) in [6.45, 7) is 0.604. The van der Waals surface area contributed by atoms with Crippen molar-refractivity contribution in [3.63, 3.8) is 0 Å². The van der Waals surface area contributed by atoms with Gasteiger partial charge in [-0.3, -0.25) is 14.4 Å². The Morgan fingerprint density at radius 2 is 2.03 bits per heavy atom. The van der Waals surface area contributed by atoms with Crippen LogP contribution in [0.15, 0.2) is 42.5 Å². The standard InChI is InChI=1S/C24H21ClFN7O3S/c1-27-8-9-28-24(36)22-30-21(31-23(35)19-13-4-2-3-5-16(13)37-32-19)20-18(29-17(34)11-33(20)22)14-10-12(26)6-7-15(14)25/h2-7,10,18,27H,8-9,11H2,1H3,(H,28,36)(H,29,34)(H,31,35). The van der Waals surface area contributed by atoms with Gasteiger partial charge < -0.3 is 25.8 Å². The first kappa shape index (κ1) is 24.8. The fraction of sp³-hybridized carbons (Fsp3) is 0.208. The summed E-state index contributed by atoms with van der Waals surface area (Å²) < 4.78 is 20.7. The number of imidazole rings is 1. The van der Waals surface area contributed by atoms with Crippen molar-refractivity contribution in [3.05, 3.63) is 76.1 Å². The van der Waals surface area contributed by atoms with E-state index in [4.69, 9.17) is 11.6 Å². The highest BCUT2D eigenvalue weighted by atomic mass is 35.5. The average molecular weight is 542 g/mol. The Morgan fingerprint density at radius 3 is 2.84 bits per heavy atom. The smallest absolute Gasteiger partial charge is 0.287 e. The molecular formula is C24H21ClFN7O3S. The van der Waals surface area contributed by atoms with E-state index in [0.29, 0.717) is 24.2 Å². The van der Waals surface area contributed by atoms with Crippen LogP contribution in [-0.2, 0) is 11.3 Å². The molecule has 10 nitrogen and oxygen atoms in total. The van der Waals surface area contributed by atoms with Crippen LogP contribution in [0.5, 0.6) is 0 Å². The fourth-order valence-electron chi connectivity index (χ4n) is 4.16. The first-order valence-electron chi connectivity index (χ1n) is 11.3. The molecule has 4 aromatic rings. The van der Waals surface area contributed by atoms with Gasteiger partial charge in [0.2, 0.25) is 11.7 Å². The molecule has 0 fully saturated rings. The predicted octanol–water partition coefficient (Wildman–Crippen LogP) is 2.71. The summed E-state index contributed by atoms with van der Waals surface area (Å²) in [5.74, 6) is -2.10. The monoisotopic (exact) mass is 541 g/mol. The van der Waals surface area contributed by atoms with Crippen LogP contribution in [0.25, 0.3) is 10.1 Å². The van der Waals surface area contributed by atoms with Gasteiger partial charge in [-0.05, 0) is 42.8 Å². The van der Waals surface area contributed by atoms with Gasteiger partial charge in [0.05, 0.1) is 16.4 Å². The van der Waals surface area contributed by atoms with Crippen LogP contribution in [0, 0.1) is 5.82 Å². The molecule has 37 heavy (non-hydrogen) atoms. The lowest BCUT2D eigenvalue weighted by Gasteiger charge is -2.28. The minimum Gasteiger partial charge on any atom is -0.348 e. The van der Waals surface area contributed by atoms with Crippen molar-refractivity contribution in [1.82, 2.24) is 29.9 Å². The summed E-state index contributed by atoms with van der Waals surface area (Å²) in [4.78, 5) is 43.4. The minimum absolute atomic E-state index is 0.0335. The van der Waals surface area contributed by atoms with E-state index in [1.165, 1.54) is 34.3 Å². The van der Waals surface area contributed by atoms with Crippen molar-refractivity contribution in [2.24, 2.45) is 0 Å². The number of carbonyl (C=O) groups excluding carboxylic acids is 3. The lowest BCUT2D eigenvalue weighted by atomic mass is 10.0. The third-order valence-corrected chi connectivity index (χ3v) is 7.02. The van der Waals surface area contributed by atoms with E-state index < -0.39 is 29.6 Å². The lowest BCUT2D eigenvalue weighted by Crippen LogP contribution is -2.41. The quantitative estimate of drug-likeness (QED) is 0.266. The molecule has 1 aliphatic rings.